The maximum atomic E-state index is 12.2. The van der Waals surface area contributed by atoms with E-state index in [-0.39, 0.29) is 30.4 Å². The van der Waals surface area contributed by atoms with Gasteiger partial charge in [-0.2, -0.15) is 0 Å². The smallest absolute Gasteiger partial charge is 0.331 e. The summed E-state index contributed by atoms with van der Waals surface area (Å²) >= 11 is 0. The third-order valence-electron chi connectivity index (χ3n) is 3.95. The first-order chi connectivity index (χ1) is 12.5. The fraction of sp³-hybridized carbons (Fsp3) is 0.222. The summed E-state index contributed by atoms with van der Waals surface area (Å²) in [6, 6.07) is 13.8. The Kier molecular flexibility index (Phi) is 5.12. The van der Waals surface area contributed by atoms with E-state index < -0.39 is 10.9 Å². The van der Waals surface area contributed by atoms with Gasteiger partial charge in [-0.15, -0.1) is 0 Å². The van der Waals surface area contributed by atoms with Crippen molar-refractivity contribution < 1.29 is 19.2 Å². The quantitative estimate of drug-likeness (QED) is 0.366. The minimum atomic E-state index is -0.566. The van der Waals surface area contributed by atoms with E-state index in [1.165, 1.54) is 18.2 Å². The molecule has 0 atom stereocenters. The van der Waals surface area contributed by atoms with Crippen LogP contribution in [0.5, 0.6) is 5.75 Å². The number of carbonyl (C=O) groups excluding carboxylic acids is 2. The van der Waals surface area contributed by atoms with Gasteiger partial charge < -0.3 is 15.0 Å². The number of nitro groups is 1. The highest BCUT2D eigenvalue weighted by molar-refractivity contribution is 5.89. The van der Waals surface area contributed by atoms with Crippen LogP contribution in [0.15, 0.2) is 48.5 Å². The lowest BCUT2D eigenvalue weighted by Gasteiger charge is -2.28. The number of anilines is 1. The number of hydrogen-bond acceptors (Lipinski definition) is 6. The Balaban J connectivity index is 1.62. The highest BCUT2D eigenvalue weighted by Gasteiger charge is 2.27. The fourth-order valence-electron chi connectivity index (χ4n) is 2.72. The number of nitrogens with one attached hydrogen (secondary N) is 1. The second kappa shape index (κ2) is 7.64. The molecule has 2 aromatic rings. The molecule has 134 valence electrons. The molecular weight excluding hydrogens is 338 g/mol. The second-order valence-corrected chi connectivity index (χ2v) is 5.82. The van der Waals surface area contributed by atoms with Crippen molar-refractivity contribution in [3.8, 4) is 5.75 Å². The van der Waals surface area contributed by atoms with Crippen molar-refractivity contribution in [1.82, 2.24) is 5.32 Å². The second-order valence-electron chi connectivity index (χ2n) is 5.82. The standard InChI is InChI=1S/C18H17N3O5/c22-17(19-9-8-13-4-2-1-3-5-13)11-20-12-18(23)26-16-10-14(21(24)25)6-7-15(16)20/h1-7,10H,8-9,11-12H2,(H,19,22). The zero-order chi connectivity index (χ0) is 18.5. The largest absolute Gasteiger partial charge is 0.423 e. The Morgan fingerprint density at radius 3 is 2.73 bits per heavy atom. The summed E-state index contributed by atoms with van der Waals surface area (Å²) in [5.41, 5.74) is 1.42. The van der Waals surface area contributed by atoms with Gasteiger partial charge >= 0.3 is 5.97 Å². The first kappa shape index (κ1) is 17.4. The zero-order valence-corrected chi connectivity index (χ0v) is 13.9. The number of ether oxygens (including phenoxy) is 1. The van der Waals surface area contributed by atoms with Gasteiger partial charge in [0.2, 0.25) is 5.91 Å². The van der Waals surface area contributed by atoms with Gasteiger partial charge in [0.1, 0.15) is 6.54 Å². The molecule has 0 saturated heterocycles. The Bertz CT molecular complexity index is 838. The van der Waals surface area contributed by atoms with Gasteiger partial charge in [-0.1, -0.05) is 30.3 Å². The van der Waals surface area contributed by atoms with E-state index in [9.17, 15) is 19.7 Å². The Morgan fingerprint density at radius 2 is 2.00 bits per heavy atom. The Morgan fingerprint density at radius 1 is 1.23 bits per heavy atom. The number of hydrogen-bond donors (Lipinski definition) is 1. The van der Waals surface area contributed by atoms with Crippen molar-refractivity contribution in [2.24, 2.45) is 0 Å². The van der Waals surface area contributed by atoms with E-state index in [1.807, 2.05) is 30.3 Å². The van der Waals surface area contributed by atoms with Crippen LogP contribution in [0.3, 0.4) is 0 Å². The normalized spacial score (nSPS) is 12.9. The molecule has 1 amide bonds. The van der Waals surface area contributed by atoms with E-state index in [0.29, 0.717) is 18.7 Å². The van der Waals surface area contributed by atoms with Crippen LogP contribution in [0.2, 0.25) is 0 Å². The number of nitrogens with zero attached hydrogens (tertiary/aromatic N) is 2. The lowest BCUT2D eigenvalue weighted by molar-refractivity contribution is -0.384. The number of fused-ring (bicyclic) bond motifs is 1. The molecule has 0 bridgehead atoms. The van der Waals surface area contributed by atoms with E-state index >= 15 is 0 Å². The third-order valence-corrected chi connectivity index (χ3v) is 3.95. The third kappa shape index (κ3) is 4.15. The predicted molar refractivity (Wildman–Crippen MR) is 94.1 cm³/mol. The molecule has 1 aliphatic heterocycles. The molecule has 0 saturated carbocycles. The molecule has 1 N–H and O–H groups in total. The summed E-state index contributed by atoms with van der Waals surface area (Å²) in [4.78, 5) is 35.7. The van der Waals surface area contributed by atoms with Crippen LogP contribution in [0, 0.1) is 10.1 Å². The van der Waals surface area contributed by atoms with Gasteiger partial charge in [0.05, 0.1) is 23.2 Å². The number of esters is 1. The number of benzene rings is 2. The van der Waals surface area contributed by atoms with E-state index in [2.05, 4.69) is 5.32 Å². The van der Waals surface area contributed by atoms with Crippen LogP contribution in [0.25, 0.3) is 0 Å². The number of non-ortho nitro benzene ring substituents is 1. The number of nitro benzene ring substituents is 1. The molecule has 0 fully saturated rings. The Hall–Kier alpha value is -3.42. The highest BCUT2D eigenvalue weighted by Crippen LogP contribution is 2.34. The van der Waals surface area contributed by atoms with Gasteiger partial charge in [-0.25, -0.2) is 4.79 Å². The molecule has 26 heavy (non-hydrogen) atoms. The molecule has 0 aliphatic carbocycles. The van der Waals surface area contributed by atoms with Crippen molar-refractivity contribution in [3.63, 3.8) is 0 Å². The summed E-state index contributed by atoms with van der Waals surface area (Å²) in [5.74, 6) is -0.706. The van der Waals surface area contributed by atoms with Crippen molar-refractivity contribution in [3.05, 3.63) is 64.2 Å². The average Bonchev–Trinajstić information content (AvgIpc) is 2.62. The summed E-state index contributed by atoms with van der Waals surface area (Å²) in [5, 5.41) is 13.7. The fourth-order valence-corrected chi connectivity index (χ4v) is 2.72. The van der Waals surface area contributed by atoms with Crippen LogP contribution in [-0.2, 0) is 16.0 Å². The van der Waals surface area contributed by atoms with Crippen molar-refractivity contribution >= 4 is 23.3 Å². The molecular formula is C18H17N3O5. The Labute approximate surface area is 149 Å². The summed E-state index contributed by atoms with van der Waals surface area (Å²) in [6.45, 7) is 0.361. The minimum absolute atomic E-state index is 0.0330. The van der Waals surface area contributed by atoms with Crippen LogP contribution >= 0.6 is 0 Å². The maximum Gasteiger partial charge on any atom is 0.331 e. The van der Waals surface area contributed by atoms with E-state index in [4.69, 9.17) is 4.74 Å². The van der Waals surface area contributed by atoms with E-state index in [1.54, 1.807) is 4.90 Å². The van der Waals surface area contributed by atoms with Crippen LogP contribution in [-0.4, -0.2) is 36.4 Å². The maximum absolute atomic E-state index is 12.2. The van der Waals surface area contributed by atoms with Crippen LogP contribution < -0.4 is 15.0 Å². The molecule has 0 aromatic heterocycles. The summed E-state index contributed by atoms with van der Waals surface area (Å²) in [6.07, 6.45) is 0.706. The lowest BCUT2D eigenvalue weighted by atomic mass is 10.1. The van der Waals surface area contributed by atoms with E-state index in [0.717, 1.165) is 5.56 Å². The highest BCUT2D eigenvalue weighted by atomic mass is 16.6. The number of carbonyl (C=O) groups is 2. The lowest BCUT2D eigenvalue weighted by Crippen LogP contribution is -2.43. The van der Waals surface area contributed by atoms with Gasteiger partial charge in [-0.3, -0.25) is 14.9 Å². The van der Waals surface area contributed by atoms with Crippen molar-refractivity contribution in [2.75, 3.05) is 24.5 Å². The zero-order valence-electron chi connectivity index (χ0n) is 13.9. The van der Waals surface area contributed by atoms with Gasteiger partial charge in [-0.05, 0) is 18.1 Å². The van der Waals surface area contributed by atoms with Gasteiger partial charge in [0.25, 0.3) is 5.69 Å². The van der Waals surface area contributed by atoms with Crippen LogP contribution in [0.4, 0.5) is 11.4 Å². The van der Waals surface area contributed by atoms with Crippen LogP contribution in [0.1, 0.15) is 5.56 Å². The molecule has 3 rings (SSSR count). The first-order valence-electron chi connectivity index (χ1n) is 8.07. The number of rotatable bonds is 6. The summed E-state index contributed by atoms with van der Waals surface area (Å²) < 4.78 is 5.06. The molecule has 1 aliphatic rings. The minimum Gasteiger partial charge on any atom is -0.423 e. The van der Waals surface area contributed by atoms with Gasteiger partial charge in [0.15, 0.2) is 5.75 Å². The SMILES string of the molecule is O=C(CN1CC(=O)Oc2cc([N+](=O)[O-])ccc21)NCCc1ccccc1. The van der Waals surface area contributed by atoms with Crippen molar-refractivity contribution in [2.45, 2.75) is 6.42 Å². The first-order valence-corrected chi connectivity index (χ1v) is 8.07. The molecule has 8 heteroatoms. The van der Waals surface area contributed by atoms with Gasteiger partial charge in [0, 0.05) is 12.6 Å². The van der Waals surface area contributed by atoms with Crippen molar-refractivity contribution in [1.29, 1.82) is 0 Å². The number of amides is 1. The summed E-state index contributed by atoms with van der Waals surface area (Å²) in [7, 11) is 0. The predicted octanol–water partition coefficient (Wildman–Crippen LogP) is 1.68. The molecule has 2 aromatic carbocycles. The molecule has 0 radical (unpaired) electrons. The topological polar surface area (TPSA) is 102 Å². The monoisotopic (exact) mass is 355 g/mol. The molecule has 1 heterocycles. The average molecular weight is 355 g/mol. The molecule has 8 nitrogen and oxygen atoms in total. The molecule has 0 unspecified atom stereocenters. The molecule has 0 spiro atoms.